The summed E-state index contributed by atoms with van der Waals surface area (Å²) < 4.78 is 5.18. The fourth-order valence-corrected chi connectivity index (χ4v) is 2.10. The highest BCUT2D eigenvalue weighted by Crippen LogP contribution is 2.21. The normalized spacial score (nSPS) is 11.8. The minimum Gasteiger partial charge on any atom is -0.481 e. The zero-order valence-corrected chi connectivity index (χ0v) is 13.5. The Morgan fingerprint density at radius 2 is 2.00 bits per heavy atom. The smallest absolute Gasteiger partial charge is 0.317 e. The van der Waals surface area contributed by atoms with Crippen molar-refractivity contribution < 1.29 is 19.4 Å². The van der Waals surface area contributed by atoms with Gasteiger partial charge in [-0.3, -0.25) is 4.79 Å². The van der Waals surface area contributed by atoms with E-state index in [1.165, 1.54) is 4.90 Å². The first-order chi connectivity index (χ1) is 10.5. The second-order valence-electron chi connectivity index (χ2n) is 4.86. The number of nitrogens with one attached hydrogen (secondary N) is 1. The van der Waals surface area contributed by atoms with Crippen LogP contribution in [0.5, 0.6) is 0 Å². The standard InChI is InChI=1S/C15H21ClN2O4/c1-18(15(21)17-9-3-4-14(19)20)13(10-22-2)11-5-7-12(16)8-6-11/h5-8,13H,3-4,9-10H2,1-2H3,(H,17,21)(H,19,20). The number of hydrogen-bond acceptors (Lipinski definition) is 3. The van der Waals surface area contributed by atoms with E-state index in [4.69, 9.17) is 21.4 Å². The van der Waals surface area contributed by atoms with E-state index in [0.29, 0.717) is 24.6 Å². The lowest BCUT2D eigenvalue weighted by Crippen LogP contribution is -2.41. The molecular formula is C15H21ClN2O4. The van der Waals surface area contributed by atoms with Crippen LogP contribution in [0.4, 0.5) is 4.79 Å². The summed E-state index contributed by atoms with van der Waals surface area (Å²) in [4.78, 5) is 24.1. The number of carbonyl (C=O) groups excluding carboxylic acids is 1. The summed E-state index contributed by atoms with van der Waals surface area (Å²) in [7, 11) is 3.24. The molecule has 2 amide bonds. The van der Waals surface area contributed by atoms with Crippen molar-refractivity contribution in [3.8, 4) is 0 Å². The minimum absolute atomic E-state index is 0.0304. The number of rotatable bonds is 8. The van der Waals surface area contributed by atoms with Crippen molar-refractivity contribution in [1.82, 2.24) is 10.2 Å². The van der Waals surface area contributed by atoms with Gasteiger partial charge < -0.3 is 20.1 Å². The van der Waals surface area contributed by atoms with E-state index in [9.17, 15) is 9.59 Å². The van der Waals surface area contributed by atoms with E-state index >= 15 is 0 Å². The number of carboxylic acids is 1. The van der Waals surface area contributed by atoms with Gasteiger partial charge in [0, 0.05) is 32.1 Å². The number of nitrogens with zero attached hydrogens (tertiary/aromatic N) is 1. The fraction of sp³-hybridized carbons (Fsp3) is 0.467. The Morgan fingerprint density at radius 3 is 2.55 bits per heavy atom. The molecule has 22 heavy (non-hydrogen) atoms. The minimum atomic E-state index is -0.874. The van der Waals surface area contributed by atoms with Crippen LogP contribution < -0.4 is 5.32 Å². The quantitative estimate of drug-likeness (QED) is 0.719. The molecule has 122 valence electrons. The number of aliphatic carboxylic acids is 1. The van der Waals surface area contributed by atoms with Crippen molar-refractivity contribution >= 4 is 23.6 Å². The largest absolute Gasteiger partial charge is 0.481 e. The van der Waals surface area contributed by atoms with Crippen molar-refractivity contribution in [2.75, 3.05) is 27.3 Å². The Bertz CT molecular complexity index is 493. The van der Waals surface area contributed by atoms with Crippen LogP contribution in [0.2, 0.25) is 5.02 Å². The number of methoxy groups -OCH3 is 1. The molecule has 0 saturated heterocycles. The van der Waals surface area contributed by atoms with Crippen LogP contribution in [0.1, 0.15) is 24.4 Å². The predicted molar refractivity (Wildman–Crippen MR) is 84.1 cm³/mol. The maximum absolute atomic E-state index is 12.1. The third-order valence-electron chi connectivity index (χ3n) is 3.21. The zero-order chi connectivity index (χ0) is 16.5. The molecule has 0 heterocycles. The van der Waals surface area contributed by atoms with Crippen LogP contribution in [0.15, 0.2) is 24.3 Å². The number of carboxylic acid groups (broad SMARTS) is 1. The van der Waals surface area contributed by atoms with E-state index < -0.39 is 5.97 Å². The van der Waals surface area contributed by atoms with Crippen LogP contribution >= 0.6 is 11.6 Å². The third kappa shape index (κ3) is 5.91. The topological polar surface area (TPSA) is 78.9 Å². The molecule has 0 aliphatic heterocycles. The van der Waals surface area contributed by atoms with E-state index in [1.807, 2.05) is 12.1 Å². The number of hydrogen-bond donors (Lipinski definition) is 2. The molecule has 1 rings (SSSR count). The molecule has 0 radical (unpaired) electrons. The number of halogens is 1. The second kappa shape index (κ2) is 9.27. The molecule has 0 aliphatic rings. The van der Waals surface area contributed by atoms with Crippen LogP contribution in [-0.4, -0.2) is 49.3 Å². The van der Waals surface area contributed by atoms with E-state index in [2.05, 4.69) is 5.32 Å². The fourth-order valence-electron chi connectivity index (χ4n) is 1.98. The van der Waals surface area contributed by atoms with Crippen LogP contribution in [0.3, 0.4) is 0 Å². The lowest BCUT2D eigenvalue weighted by Gasteiger charge is -2.28. The zero-order valence-electron chi connectivity index (χ0n) is 12.7. The summed E-state index contributed by atoms with van der Waals surface area (Å²) in [6.45, 7) is 0.663. The van der Waals surface area contributed by atoms with E-state index in [-0.39, 0.29) is 18.5 Å². The first-order valence-electron chi connectivity index (χ1n) is 6.92. The van der Waals surface area contributed by atoms with Crippen molar-refractivity contribution in [2.24, 2.45) is 0 Å². The maximum Gasteiger partial charge on any atom is 0.317 e. The Labute approximate surface area is 135 Å². The molecule has 0 aliphatic carbocycles. The van der Waals surface area contributed by atoms with Gasteiger partial charge in [0.2, 0.25) is 0 Å². The Kier molecular flexibility index (Phi) is 7.70. The van der Waals surface area contributed by atoms with E-state index in [0.717, 1.165) is 5.56 Å². The van der Waals surface area contributed by atoms with Gasteiger partial charge in [-0.15, -0.1) is 0 Å². The van der Waals surface area contributed by atoms with Gasteiger partial charge in [-0.25, -0.2) is 4.79 Å². The lowest BCUT2D eigenvalue weighted by atomic mass is 10.1. The third-order valence-corrected chi connectivity index (χ3v) is 3.46. The molecule has 1 aromatic rings. The van der Waals surface area contributed by atoms with Crippen molar-refractivity contribution in [3.63, 3.8) is 0 Å². The molecule has 6 nitrogen and oxygen atoms in total. The Morgan fingerprint density at radius 1 is 1.36 bits per heavy atom. The van der Waals surface area contributed by atoms with Gasteiger partial charge in [-0.05, 0) is 24.1 Å². The van der Waals surface area contributed by atoms with Crippen LogP contribution in [0, 0.1) is 0 Å². The average Bonchev–Trinajstić information content (AvgIpc) is 2.49. The van der Waals surface area contributed by atoms with Gasteiger partial charge in [0.15, 0.2) is 0 Å². The molecule has 0 spiro atoms. The molecule has 2 N–H and O–H groups in total. The van der Waals surface area contributed by atoms with Crippen molar-refractivity contribution in [2.45, 2.75) is 18.9 Å². The number of likely N-dealkylation sites (N-methyl/N-ethyl adjacent to an activating group) is 1. The Hall–Kier alpha value is -1.79. The van der Waals surface area contributed by atoms with Crippen molar-refractivity contribution in [3.05, 3.63) is 34.9 Å². The maximum atomic E-state index is 12.1. The van der Waals surface area contributed by atoms with Gasteiger partial charge >= 0.3 is 12.0 Å². The molecular weight excluding hydrogens is 308 g/mol. The van der Waals surface area contributed by atoms with Gasteiger partial charge in [0.05, 0.1) is 12.6 Å². The highest BCUT2D eigenvalue weighted by molar-refractivity contribution is 6.30. The molecule has 0 saturated carbocycles. The summed E-state index contributed by atoms with van der Waals surface area (Å²) in [6, 6.07) is 6.70. The summed E-state index contributed by atoms with van der Waals surface area (Å²) in [5.41, 5.74) is 0.912. The monoisotopic (exact) mass is 328 g/mol. The van der Waals surface area contributed by atoms with Gasteiger partial charge in [-0.2, -0.15) is 0 Å². The molecule has 1 aromatic carbocycles. The van der Waals surface area contributed by atoms with Crippen LogP contribution in [-0.2, 0) is 9.53 Å². The number of urea groups is 1. The lowest BCUT2D eigenvalue weighted by molar-refractivity contribution is -0.137. The van der Waals surface area contributed by atoms with Gasteiger partial charge in [0.25, 0.3) is 0 Å². The van der Waals surface area contributed by atoms with Gasteiger partial charge in [-0.1, -0.05) is 23.7 Å². The molecule has 1 unspecified atom stereocenters. The number of benzene rings is 1. The van der Waals surface area contributed by atoms with Crippen molar-refractivity contribution in [1.29, 1.82) is 0 Å². The summed E-state index contributed by atoms with van der Waals surface area (Å²) in [6.07, 6.45) is 0.424. The first-order valence-corrected chi connectivity index (χ1v) is 7.30. The highest BCUT2D eigenvalue weighted by Gasteiger charge is 2.21. The van der Waals surface area contributed by atoms with Gasteiger partial charge in [0.1, 0.15) is 0 Å². The summed E-state index contributed by atoms with van der Waals surface area (Å²) >= 11 is 5.87. The molecule has 0 aromatic heterocycles. The molecule has 1 atom stereocenters. The highest BCUT2D eigenvalue weighted by atomic mass is 35.5. The predicted octanol–water partition coefficient (Wildman–Crippen LogP) is 2.53. The second-order valence-corrected chi connectivity index (χ2v) is 5.30. The number of amides is 2. The molecule has 0 fully saturated rings. The molecule has 7 heteroatoms. The first kappa shape index (κ1) is 18.3. The SMILES string of the molecule is COCC(c1ccc(Cl)cc1)N(C)C(=O)NCCCC(=O)O. The van der Waals surface area contributed by atoms with Crippen LogP contribution in [0.25, 0.3) is 0 Å². The molecule has 0 bridgehead atoms. The summed E-state index contributed by atoms with van der Waals surface area (Å²) in [5, 5.41) is 11.9. The number of carbonyl (C=O) groups is 2. The average molecular weight is 329 g/mol. The number of ether oxygens (including phenoxy) is 1. The van der Waals surface area contributed by atoms with E-state index in [1.54, 1.807) is 26.3 Å². The Balaban J connectivity index is 2.63. The summed E-state index contributed by atoms with van der Waals surface area (Å²) in [5.74, 6) is -0.874.